The molecule has 1 aliphatic rings. The van der Waals surface area contributed by atoms with Gasteiger partial charge in [-0.15, -0.1) is 0 Å². The largest absolute Gasteiger partial charge is 0.550 e. The summed E-state index contributed by atoms with van der Waals surface area (Å²) >= 11 is 0. The SMILES string of the molecule is O=C([O-])[C@H]1CC=CC[C@H]1C(=O)c1ccccc1. The molecule has 0 spiro atoms. The van der Waals surface area contributed by atoms with Crippen molar-refractivity contribution in [2.24, 2.45) is 11.8 Å². The fraction of sp³-hybridized carbons (Fsp3) is 0.286. The summed E-state index contributed by atoms with van der Waals surface area (Å²) in [6.07, 6.45) is 4.53. The molecule has 0 saturated heterocycles. The van der Waals surface area contributed by atoms with Gasteiger partial charge in [0.2, 0.25) is 0 Å². The van der Waals surface area contributed by atoms with Crippen LogP contribution < -0.4 is 5.11 Å². The van der Waals surface area contributed by atoms with E-state index in [-0.39, 0.29) is 5.78 Å². The highest BCUT2D eigenvalue weighted by Gasteiger charge is 2.30. The molecule has 0 aliphatic heterocycles. The fourth-order valence-corrected chi connectivity index (χ4v) is 2.18. The number of allylic oxidation sites excluding steroid dienone is 2. The average Bonchev–Trinajstić information content (AvgIpc) is 2.39. The molecular weight excluding hydrogens is 216 g/mol. The van der Waals surface area contributed by atoms with Gasteiger partial charge in [0.15, 0.2) is 5.78 Å². The van der Waals surface area contributed by atoms with Gasteiger partial charge in [-0.3, -0.25) is 4.79 Å². The summed E-state index contributed by atoms with van der Waals surface area (Å²) in [4.78, 5) is 23.2. The Kier molecular flexibility index (Phi) is 3.38. The maximum absolute atomic E-state index is 12.2. The number of carboxylic acid groups (broad SMARTS) is 1. The third-order valence-corrected chi connectivity index (χ3v) is 3.13. The van der Waals surface area contributed by atoms with Crippen molar-refractivity contribution in [3.8, 4) is 0 Å². The first-order valence-electron chi connectivity index (χ1n) is 5.65. The number of ketones is 1. The molecule has 3 nitrogen and oxygen atoms in total. The first kappa shape index (κ1) is 11.6. The van der Waals surface area contributed by atoms with Crippen molar-refractivity contribution in [1.82, 2.24) is 0 Å². The molecule has 2 rings (SSSR count). The predicted molar refractivity (Wildman–Crippen MR) is 61.1 cm³/mol. The van der Waals surface area contributed by atoms with Gasteiger partial charge < -0.3 is 9.90 Å². The molecule has 0 fully saturated rings. The van der Waals surface area contributed by atoms with Crippen molar-refractivity contribution in [3.05, 3.63) is 48.0 Å². The Morgan fingerprint density at radius 2 is 1.59 bits per heavy atom. The number of hydrogen-bond donors (Lipinski definition) is 0. The second kappa shape index (κ2) is 4.95. The average molecular weight is 229 g/mol. The summed E-state index contributed by atoms with van der Waals surface area (Å²) in [7, 11) is 0. The van der Waals surface area contributed by atoms with Crippen LogP contribution in [0.1, 0.15) is 23.2 Å². The van der Waals surface area contributed by atoms with Crippen LogP contribution in [0.2, 0.25) is 0 Å². The minimum atomic E-state index is -1.14. The van der Waals surface area contributed by atoms with Gasteiger partial charge in [-0.1, -0.05) is 42.5 Å². The molecule has 3 heteroatoms. The lowest BCUT2D eigenvalue weighted by atomic mass is 9.78. The molecule has 0 N–H and O–H groups in total. The van der Waals surface area contributed by atoms with Crippen molar-refractivity contribution >= 4 is 11.8 Å². The number of benzene rings is 1. The Labute approximate surface area is 99.8 Å². The zero-order valence-corrected chi connectivity index (χ0v) is 9.34. The lowest BCUT2D eigenvalue weighted by Crippen LogP contribution is -2.39. The molecule has 0 bridgehead atoms. The van der Waals surface area contributed by atoms with Crippen LogP contribution >= 0.6 is 0 Å². The lowest BCUT2D eigenvalue weighted by molar-refractivity contribution is -0.312. The molecule has 17 heavy (non-hydrogen) atoms. The first-order valence-corrected chi connectivity index (χ1v) is 5.65. The van der Waals surface area contributed by atoms with Crippen LogP contribution in [0, 0.1) is 11.8 Å². The Balaban J connectivity index is 2.24. The van der Waals surface area contributed by atoms with Crippen molar-refractivity contribution in [2.45, 2.75) is 12.8 Å². The molecule has 0 unspecified atom stereocenters. The molecule has 0 radical (unpaired) electrons. The van der Waals surface area contributed by atoms with Gasteiger partial charge >= 0.3 is 0 Å². The lowest BCUT2D eigenvalue weighted by Gasteiger charge is -2.28. The van der Waals surface area contributed by atoms with E-state index in [0.717, 1.165) is 0 Å². The van der Waals surface area contributed by atoms with E-state index in [0.29, 0.717) is 18.4 Å². The van der Waals surface area contributed by atoms with Crippen molar-refractivity contribution < 1.29 is 14.7 Å². The minimum absolute atomic E-state index is 0.107. The zero-order valence-electron chi connectivity index (χ0n) is 9.34. The van der Waals surface area contributed by atoms with E-state index in [9.17, 15) is 14.7 Å². The van der Waals surface area contributed by atoms with E-state index >= 15 is 0 Å². The number of hydrogen-bond acceptors (Lipinski definition) is 3. The van der Waals surface area contributed by atoms with Crippen LogP contribution in [0.3, 0.4) is 0 Å². The highest BCUT2D eigenvalue weighted by molar-refractivity contribution is 6.00. The van der Waals surface area contributed by atoms with Gasteiger partial charge in [0.1, 0.15) is 0 Å². The molecule has 0 amide bonds. The summed E-state index contributed by atoms with van der Waals surface area (Å²) in [6, 6.07) is 8.81. The number of carboxylic acids is 1. The summed E-state index contributed by atoms with van der Waals surface area (Å²) in [5.74, 6) is -2.44. The topological polar surface area (TPSA) is 57.2 Å². The molecule has 0 aromatic heterocycles. The smallest absolute Gasteiger partial charge is 0.166 e. The third kappa shape index (κ3) is 2.44. The zero-order chi connectivity index (χ0) is 12.3. The Hall–Kier alpha value is -1.90. The standard InChI is InChI=1S/C14H14O3/c15-13(10-6-2-1-3-7-10)11-8-4-5-9-12(11)14(16)17/h1-7,11-12H,8-9H2,(H,16,17)/p-1/t11-,12+/m1/s1. The van der Waals surface area contributed by atoms with E-state index < -0.39 is 17.8 Å². The van der Waals surface area contributed by atoms with Crippen LogP contribution in [0.4, 0.5) is 0 Å². The number of Topliss-reactive ketones (excluding diaryl/α,β-unsaturated/α-hetero) is 1. The maximum Gasteiger partial charge on any atom is 0.166 e. The van der Waals surface area contributed by atoms with Crippen LogP contribution in [0.5, 0.6) is 0 Å². The Morgan fingerprint density at radius 3 is 2.18 bits per heavy atom. The van der Waals surface area contributed by atoms with Crippen molar-refractivity contribution in [3.63, 3.8) is 0 Å². The van der Waals surface area contributed by atoms with Gasteiger partial charge in [0.05, 0.1) is 0 Å². The summed E-state index contributed by atoms with van der Waals surface area (Å²) in [5, 5.41) is 11.0. The van der Waals surface area contributed by atoms with Gasteiger partial charge in [-0.25, -0.2) is 0 Å². The quantitative estimate of drug-likeness (QED) is 0.578. The van der Waals surface area contributed by atoms with E-state index in [2.05, 4.69) is 0 Å². The molecule has 1 aromatic carbocycles. The molecule has 88 valence electrons. The molecule has 0 saturated carbocycles. The van der Waals surface area contributed by atoms with Gasteiger partial charge in [0.25, 0.3) is 0 Å². The highest BCUT2D eigenvalue weighted by Crippen LogP contribution is 2.28. The number of carbonyl (C=O) groups excluding carboxylic acids is 2. The monoisotopic (exact) mass is 229 g/mol. The van der Waals surface area contributed by atoms with Crippen LogP contribution in [-0.2, 0) is 4.79 Å². The van der Waals surface area contributed by atoms with Crippen molar-refractivity contribution in [2.75, 3.05) is 0 Å². The second-order valence-corrected chi connectivity index (χ2v) is 4.21. The number of aliphatic carboxylic acids is 1. The number of carbonyl (C=O) groups is 2. The van der Waals surface area contributed by atoms with Gasteiger partial charge in [0, 0.05) is 23.4 Å². The fourth-order valence-electron chi connectivity index (χ4n) is 2.18. The molecule has 1 aromatic rings. The molecular formula is C14H13O3-. The molecule has 1 aliphatic carbocycles. The second-order valence-electron chi connectivity index (χ2n) is 4.21. The first-order chi connectivity index (χ1) is 8.20. The van der Waals surface area contributed by atoms with E-state index in [1.807, 2.05) is 12.1 Å². The Bertz CT molecular complexity index is 448. The summed E-state index contributed by atoms with van der Waals surface area (Å²) in [5.41, 5.74) is 0.569. The summed E-state index contributed by atoms with van der Waals surface area (Å²) in [6.45, 7) is 0. The minimum Gasteiger partial charge on any atom is -0.550 e. The van der Waals surface area contributed by atoms with Gasteiger partial charge in [-0.2, -0.15) is 0 Å². The van der Waals surface area contributed by atoms with E-state index in [4.69, 9.17) is 0 Å². The maximum atomic E-state index is 12.2. The van der Waals surface area contributed by atoms with Gasteiger partial charge in [-0.05, 0) is 12.8 Å². The highest BCUT2D eigenvalue weighted by atomic mass is 16.4. The number of rotatable bonds is 3. The van der Waals surface area contributed by atoms with E-state index in [1.165, 1.54) is 0 Å². The van der Waals surface area contributed by atoms with Crippen LogP contribution in [0.25, 0.3) is 0 Å². The Morgan fingerprint density at radius 1 is 1.00 bits per heavy atom. The van der Waals surface area contributed by atoms with Crippen LogP contribution in [0.15, 0.2) is 42.5 Å². The molecule has 2 atom stereocenters. The van der Waals surface area contributed by atoms with E-state index in [1.54, 1.807) is 30.3 Å². The van der Waals surface area contributed by atoms with Crippen LogP contribution in [-0.4, -0.2) is 11.8 Å². The predicted octanol–water partition coefficient (Wildman–Crippen LogP) is 1.20. The summed E-state index contributed by atoms with van der Waals surface area (Å²) < 4.78 is 0. The third-order valence-electron chi connectivity index (χ3n) is 3.13. The molecule has 0 heterocycles. The normalized spacial score (nSPS) is 23.3. The van der Waals surface area contributed by atoms with Crippen molar-refractivity contribution in [1.29, 1.82) is 0 Å².